The van der Waals surface area contributed by atoms with Crippen molar-refractivity contribution in [3.8, 4) is 0 Å². The molecule has 22 heavy (non-hydrogen) atoms. The highest BCUT2D eigenvalue weighted by Gasteiger charge is 2.26. The number of anilines is 2. The summed E-state index contributed by atoms with van der Waals surface area (Å²) in [5.41, 5.74) is 0.614. The van der Waals surface area contributed by atoms with Crippen molar-refractivity contribution in [2.75, 3.05) is 23.3 Å². The molecule has 0 aliphatic carbocycles. The predicted molar refractivity (Wildman–Crippen MR) is 82.0 cm³/mol. The van der Waals surface area contributed by atoms with E-state index in [1.807, 2.05) is 12.1 Å². The van der Waals surface area contributed by atoms with Crippen LogP contribution in [0.15, 0.2) is 42.6 Å². The molecule has 2 aromatic rings. The molecule has 1 aromatic carbocycles. The molecule has 2 heterocycles. The lowest BCUT2D eigenvalue weighted by molar-refractivity contribution is -0.120. The number of piperidine rings is 1. The molecule has 5 nitrogen and oxygen atoms in total. The number of hydrogen-bond donors (Lipinski definition) is 1. The van der Waals surface area contributed by atoms with E-state index in [9.17, 15) is 9.18 Å². The summed E-state index contributed by atoms with van der Waals surface area (Å²) < 4.78 is 12.9. The van der Waals surface area contributed by atoms with E-state index in [1.54, 1.807) is 18.3 Å². The molecule has 0 saturated carbocycles. The molecule has 0 bridgehead atoms. The van der Waals surface area contributed by atoms with E-state index in [0.29, 0.717) is 12.2 Å². The highest BCUT2D eigenvalue weighted by Crippen LogP contribution is 2.22. The molecule has 1 aliphatic rings. The van der Waals surface area contributed by atoms with Crippen molar-refractivity contribution >= 4 is 17.4 Å². The summed E-state index contributed by atoms with van der Waals surface area (Å²) in [5, 5.41) is 10.8. The van der Waals surface area contributed by atoms with Gasteiger partial charge in [0.15, 0.2) is 5.82 Å². The summed E-state index contributed by atoms with van der Waals surface area (Å²) in [4.78, 5) is 14.4. The number of halogens is 1. The Bertz CT molecular complexity index is 632. The largest absolute Gasteiger partial charge is 0.354 e. The summed E-state index contributed by atoms with van der Waals surface area (Å²) in [5.74, 6) is 0.326. The zero-order valence-electron chi connectivity index (χ0n) is 12.1. The second-order valence-corrected chi connectivity index (χ2v) is 5.36. The maximum Gasteiger partial charge on any atom is 0.229 e. The molecule has 1 aromatic heterocycles. The third kappa shape index (κ3) is 3.39. The smallest absolute Gasteiger partial charge is 0.229 e. The molecule has 0 spiro atoms. The Morgan fingerprint density at radius 3 is 2.82 bits per heavy atom. The molecule has 1 fully saturated rings. The van der Waals surface area contributed by atoms with Crippen LogP contribution in [0.5, 0.6) is 0 Å². The SMILES string of the molecule is O=C(Nc1ccc(F)cc1)[C@@H]1CCCN(c2cccnn2)C1. The van der Waals surface area contributed by atoms with Crippen molar-refractivity contribution in [2.24, 2.45) is 5.92 Å². The Kier molecular flexibility index (Phi) is 4.27. The first-order chi connectivity index (χ1) is 10.7. The normalized spacial score (nSPS) is 18.0. The van der Waals surface area contributed by atoms with E-state index < -0.39 is 0 Å². The molecule has 1 saturated heterocycles. The number of nitrogens with one attached hydrogen (secondary N) is 1. The fraction of sp³-hybridized carbons (Fsp3) is 0.312. The van der Waals surface area contributed by atoms with Crippen LogP contribution in [0.25, 0.3) is 0 Å². The van der Waals surface area contributed by atoms with Gasteiger partial charge in [0.25, 0.3) is 0 Å². The van der Waals surface area contributed by atoms with Gasteiger partial charge in [0.2, 0.25) is 5.91 Å². The standard InChI is InChI=1S/C16H17FN4O/c17-13-5-7-14(8-6-13)19-16(22)12-3-2-10-21(11-12)15-4-1-9-18-20-15/h1,4-9,12H,2-3,10-11H2,(H,19,22)/t12-/m1/s1. The predicted octanol–water partition coefficient (Wildman–Crippen LogP) is 2.47. The van der Waals surface area contributed by atoms with Gasteiger partial charge in [-0.15, -0.1) is 5.10 Å². The van der Waals surface area contributed by atoms with Gasteiger partial charge >= 0.3 is 0 Å². The average molecular weight is 300 g/mol. The quantitative estimate of drug-likeness (QED) is 0.946. The van der Waals surface area contributed by atoms with Crippen molar-refractivity contribution < 1.29 is 9.18 Å². The molecule has 3 rings (SSSR count). The molecule has 1 N–H and O–H groups in total. The van der Waals surface area contributed by atoms with Crippen LogP contribution in [0.4, 0.5) is 15.9 Å². The van der Waals surface area contributed by atoms with Gasteiger partial charge in [-0.1, -0.05) is 0 Å². The number of amides is 1. The van der Waals surface area contributed by atoms with Crippen LogP contribution in [0.3, 0.4) is 0 Å². The summed E-state index contributed by atoms with van der Waals surface area (Å²) in [6, 6.07) is 9.54. The fourth-order valence-electron chi connectivity index (χ4n) is 2.64. The number of nitrogens with zero attached hydrogens (tertiary/aromatic N) is 3. The second-order valence-electron chi connectivity index (χ2n) is 5.36. The summed E-state index contributed by atoms with van der Waals surface area (Å²) in [7, 11) is 0. The Labute approximate surface area is 128 Å². The summed E-state index contributed by atoms with van der Waals surface area (Å²) in [6.45, 7) is 1.49. The average Bonchev–Trinajstić information content (AvgIpc) is 2.58. The van der Waals surface area contributed by atoms with Crippen LogP contribution < -0.4 is 10.2 Å². The molecular weight excluding hydrogens is 283 g/mol. The van der Waals surface area contributed by atoms with Gasteiger partial charge in [0.05, 0.1) is 5.92 Å². The zero-order valence-corrected chi connectivity index (χ0v) is 12.1. The van der Waals surface area contributed by atoms with Crippen LogP contribution in [0, 0.1) is 11.7 Å². The minimum Gasteiger partial charge on any atom is -0.354 e. The van der Waals surface area contributed by atoms with Crippen LogP contribution in [-0.4, -0.2) is 29.2 Å². The maximum absolute atomic E-state index is 12.9. The van der Waals surface area contributed by atoms with Gasteiger partial charge < -0.3 is 10.2 Å². The van der Waals surface area contributed by atoms with E-state index in [2.05, 4.69) is 20.4 Å². The lowest BCUT2D eigenvalue weighted by atomic mass is 9.97. The molecule has 1 amide bonds. The Hall–Kier alpha value is -2.50. The first-order valence-corrected chi connectivity index (χ1v) is 7.31. The molecule has 1 atom stereocenters. The molecule has 6 heteroatoms. The molecule has 0 radical (unpaired) electrons. The maximum atomic E-state index is 12.9. The second kappa shape index (κ2) is 6.51. The monoisotopic (exact) mass is 300 g/mol. The van der Waals surface area contributed by atoms with Crippen LogP contribution in [0.2, 0.25) is 0 Å². The van der Waals surface area contributed by atoms with Gasteiger partial charge in [-0.25, -0.2) is 4.39 Å². The molecule has 1 aliphatic heterocycles. The van der Waals surface area contributed by atoms with E-state index in [1.165, 1.54) is 12.1 Å². The van der Waals surface area contributed by atoms with Gasteiger partial charge in [-0.2, -0.15) is 5.10 Å². The van der Waals surface area contributed by atoms with E-state index in [4.69, 9.17) is 0 Å². The number of rotatable bonds is 3. The van der Waals surface area contributed by atoms with E-state index in [0.717, 1.165) is 25.2 Å². The van der Waals surface area contributed by atoms with Gasteiger partial charge in [0, 0.05) is 25.0 Å². The van der Waals surface area contributed by atoms with Crippen LogP contribution in [-0.2, 0) is 4.79 Å². The van der Waals surface area contributed by atoms with Crippen molar-refractivity contribution in [1.82, 2.24) is 10.2 Å². The van der Waals surface area contributed by atoms with E-state index >= 15 is 0 Å². The Morgan fingerprint density at radius 1 is 1.27 bits per heavy atom. The van der Waals surface area contributed by atoms with Crippen molar-refractivity contribution in [3.63, 3.8) is 0 Å². The summed E-state index contributed by atoms with van der Waals surface area (Å²) >= 11 is 0. The third-order valence-corrected chi connectivity index (χ3v) is 3.79. The van der Waals surface area contributed by atoms with Gasteiger partial charge in [-0.3, -0.25) is 4.79 Å². The summed E-state index contributed by atoms with van der Waals surface area (Å²) in [6.07, 6.45) is 3.40. The number of carbonyl (C=O) groups excluding carboxylic acids is 1. The van der Waals surface area contributed by atoms with Crippen LogP contribution in [0.1, 0.15) is 12.8 Å². The Morgan fingerprint density at radius 2 is 2.09 bits per heavy atom. The van der Waals surface area contributed by atoms with Crippen molar-refractivity contribution in [1.29, 1.82) is 0 Å². The Balaban J connectivity index is 1.64. The third-order valence-electron chi connectivity index (χ3n) is 3.79. The van der Waals surface area contributed by atoms with Crippen molar-refractivity contribution in [3.05, 3.63) is 48.4 Å². The molecular formula is C16H17FN4O. The minimum absolute atomic E-state index is 0.0415. The number of carbonyl (C=O) groups is 1. The lowest BCUT2D eigenvalue weighted by Crippen LogP contribution is -2.41. The fourth-order valence-corrected chi connectivity index (χ4v) is 2.64. The molecule has 0 unspecified atom stereocenters. The number of aromatic nitrogens is 2. The number of hydrogen-bond acceptors (Lipinski definition) is 4. The van der Waals surface area contributed by atoms with E-state index in [-0.39, 0.29) is 17.6 Å². The zero-order chi connectivity index (χ0) is 15.4. The van der Waals surface area contributed by atoms with Gasteiger partial charge in [-0.05, 0) is 49.2 Å². The van der Waals surface area contributed by atoms with Crippen molar-refractivity contribution in [2.45, 2.75) is 12.8 Å². The topological polar surface area (TPSA) is 58.1 Å². The minimum atomic E-state index is -0.315. The van der Waals surface area contributed by atoms with Gasteiger partial charge in [0.1, 0.15) is 5.82 Å². The highest BCUT2D eigenvalue weighted by atomic mass is 19.1. The number of benzene rings is 1. The lowest BCUT2D eigenvalue weighted by Gasteiger charge is -2.32. The first kappa shape index (κ1) is 14.4. The highest BCUT2D eigenvalue weighted by molar-refractivity contribution is 5.93. The van der Waals surface area contributed by atoms with Crippen LogP contribution >= 0.6 is 0 Å². The molecule has 114 valence electrons. The first-order valence-electron chi connectivity index (χ1n) is 7.31.